The Labute approximate surface area is 201 Å². The number of rotatable bonds is 10. The van der Waals surface area contributed by atoms with Gasteiger partial charge < -0.3 is 25.4 Å². The van der Waals surface area contributed by atoms with E-state index < -0.39 is 5.82 Å². The van der Waals surface area contributed by atoms with Crippen molar-refractivity contribution in [1.29, 1.82) is 0 Å². The molecule has 1 aliphatic carbocycles. The zero-order valence-electron chi connectivity index (χ0n) is 20.3. The molecule has 1 saturated heterocycles. The lowest BCUT2D eigenvalue weighted by molar-refractivity contribution is 0.0300. The van der Waals surface area contributed by atoms with Crippen LogP contribution in [-0.4, -0.2) is 67.1 Å². The summed E-state index contributed by atoms with van der Waals surface area (Å²) in [6.07, 6.45) is 9.21. The highest BCUT2D eigenvalue weighted by Crippen LogP contribution is 2.30. The quantitative estimate of drug-likeness (QED) is 0.449. The van der Waals surface area contributed by atoms with Crippen LogP contribution in [0.15, 0.2) is 24.5 Å². The molecule has 0 aromatic carbocycles. The van der Waals surface area contributed by atoms with E-state index in [1.54, 1.807) is 19.4 Å². The van der Waals surface area contributed by atoms with E-state index in [4.69, 9.17) is 9.47 Å². The van der Waals surface area contributed by atoms with Crippen molar-refractivity contribution in [3.05, 3.63) is 30.3 Å². The van der Waals surface area contributed by atoms with Crippen LogP contribution in [0.4, 0.5) is 16.0 Å². The first-order chi connectivity index (χ1) is 16.5. The Hall–Kier alpha value is -2.36. The average Bonchev–Trinajstić information content (AvgIpc) is 2.86. The number of ether oxygens (including phenoxy) is 2. The minimum absolute atomic E-state index is 0.167. The molecule has 0 spiro atoms. The Bertz CT molecular complexity index is 916. The third-order valence-corrected chi connectivity index (χ3v) is 6.97. The molecule has 1 aliphatic heterocycles. The molecule has 186 valence electrons. The Morgan fingerprint density at radius 1 is 1.12 bits per heavy atom. The second-order valence-corrected chi connectivity index (χ2v) is 9.73. The van der Waals surface area contributed by atoms with Crippen molar-refractivity contribution in [2.75, 3.05) is 50.7 Å². The van der Waals surface area contributed by atoms with Gasteiger partial charge in [0, 0.05) is 51.7 Å². The highest BCUT2D eigenvalue weighted by Gasteiger charge is 2.27. The van der Waals surface area contributed by atoms with Crippen molar-refractivity contribution < 1.29 is 13.9 Å². The summed E-state index contributed by atoms with van der Waals surface area (Å²) in [5.41, 5.74) is 0.522. The van der Waals surface area contributed by atoms with Crippen molar-refractivity contribution in [1.82, 2.24) is 20.3 Å². The van der Waals surface area contributed by atoms with Gasteiger partial charge in [-0.25, -0.2) is 19.3 Å². The van der Waals surface area contributed by atoms with Crippen molar-refractivity contribution in [3.8, 4) is 11.4 Å². The van der Waals surface area contributed by atoms with Crippen LogP contribution in [0.3, 0.4) is 0 Å². The first kappa shape index (κ1) is 24.8. The van der Waals surface area contributed by atoms with Gasteiger partial charge in [0.1, 0.15) is 11.6 Å². The zero-order valence-corrected chi connectivity index (χ0v) is 20.3. The van der Waals surface area contributed by atoms with Crippen LogP contribution < -0.4 is 16.0 Å². The van der Waals surface area contributed by atoms with E-state index >= 15 is 0 Å². The fraction of sp³-hybridized carbons (Fsp3) is 0.640. The third kappa shape index (κ3) is 6.84. The van der Waals surface area contributed by atoms with Crippen LogP contribution >= 0.6 is 0 Å². The molecule has 2 aromatic rings. The van der Waals surface area contributed by atoms with Gasteiger partial charge in [-0.2, -0.15) is 0 Å². The molecule has 1 saturated carbocycles. The van der Waals surface area contributed by atoms with Gasteiger partial charge in [0.15, 0.2) is 11.6 Å². The van der Waals surface area contributed by atoms with Crippen LogP contribution in [0.5, 0.6) is 0 Å². The minimum atomic E-state index is -0.426. The number of methoxy groups -OCH3 is 1. The Balaban J connectivity index is 1.36. The first-order valence-electron chi connectivity index (χ1n) is 12.3. The summed E-state index contributed by atoms with van der Waals surface area (Å²) in [5.74, 6) is 1.29. The molecule has 2 aliphatic rings. The zero-order chi connectivity index (χ0) is 23.8. The molecular formula is C25H37FN6O2. The molecule has 34 heavy (non-hydrogen) atoms. The summed E-state index contributed by atoms with van der Waals surface area (Å²) in [5, 5.41) is 10.4. The second kappa shape index (κ2) is 11.9. The minimum Gasteiger partial charge on any atom is -0.383 e. The van der Waals surface area contributed by atoms with Crippen molar-refractivity contribution in [3.63, 3.8) is 0 Å². The maximum absolute atomic E-state index is 14.7. The molecule has 2 fully saturated rings. The SMILES string of the molecule is COCCNC1CCC(Nc2cc(-c3nccc(NCC4(C)CCOCC4)n3)c(F)cn2)CC1. The molecule has 0 bridgehead atoms. The van der Waals surface area contributed by atoms with E-state index in [1.807, 2.05) is 6.07 Å². The lowest BCUT2D eigenvalue weighted by Gasteiger charge is -2.33. The van der Waals surface area contributed by atoms with E-state index in [0.717, 1.165) is 71.4 Å². The molecule has 0 amide bonds. The third-order valence-electron chi connectivity index (χ3n) is 6.97. The maximum Gasteiger partial charge on any atom is 0.164 e. The summed E-state index contributed by atoms with van der Waals surface area (Å²) in [4.78, 5) is 13.2. The van der Waals surface area contributed by atoms with Gasteiger partial charge in [-0.05, 0) is 56.1 Å². The topological polar surface area (TPSA) is 93.2 Å². The molecule has 0 unspecified atom stereocenters. The average molecular weight is 473 g/mol. The molecule has 0 radical (unpaired) electrons. The van der Waals surface area contributed by atoms with E-state index in [-0.39, 0.29) is 5.41 Å². The molecule has 0 atom stereocenters. The Morgan fingerprint density at radius 2 is 1.88 bits per heavy atom. The van der Waals surface area contributed by atoms with Gasteiger partial charge in [0.05, 0.1) is 18.4 Å². The molecule has 3 N–H and O–H groups in total. The van der Waals surface area contributed by atoms with Crippen LogP contribution in [-0.2, 0) is 9.47 Å². The van der Waals surface area contributed by atoms with Gasteiger partial charge in [0.25, 0.3) is 0 Å². The van der Waals surface area contributed by atoms with Crippen LogP contribution in [0.1, 0.15) is 45.4 Å². The summed E-state index contributed by atoms with van der Waals surface area (Å²) >= 11 is 0. The van der Waals surface area contributed by atoms with Gasteiger partial charge in [-0.15, -0.1) is 0 Å². The Morgan fingerprint density at radius 3 is 2.65 bits per heavy atom. The number of halogens is 1. The molecule has 3 heterocycles. The largest absolute Gasteiger partial charge is 0.383 e. The smallest absolute Gasteiger partial charge is 0.164 e. The van der Waals surface area contributed by atoms with E-state index in [0.29, 0.717) is 35.1 Å². The standard InChI is InChI=1S/C25H37FN6O2/c1-25(8-12-34-13-9-25)17-30-22-7-10-28-24(32-22)20-15-23(29-16-21(20)26)31-19-5-3-18(4-6-19)27-11-14-33-2/h7,10,15-16,18-19,27H,3-6,8-9,11-14,17H2,1-2H3,(H,29,31)(H,28,30,32). The van der Waals surface area contributed by atoms with E-state index in [2.05, 4.69) is 37.8 Å². The highest BCUT2D eigenvalue weighted by atomic mass is 19.1. The summed E-state index contributed by atoms with van der Waals surface area (Å²) in [7, 11) is 1.72. The normalized spacial score (nSPS) is 22.3. The van der Waals surface area contributed by atoms with Crippen LogP contribution in [0.25, 0.3) is 11.4 Å². The molecule has 2 aromatic heterocycles. The number of nitrogens with one attached hydrogen (secondary N) is 3. The van der Waals surface area contributed by atoms with Crippen molar-refractivity contribution in [2.45, 2.75) is 57.5 Å². The lowest BCUT2D eigenvalue weighted by atomic mass is 9.82. The van der Waals surface area contributed by atoms with Crippen LogP contribution in [0.2, 0.25) is 0 Å². The first-order valence-corrected chi connectivity index (χ1v) is 12.3. The molecule has 8 nitrogen and oxygen atoms in total. The van der Waals surface area contributed by atoms with E-state index in [9.17, 15) is 4.39 Å². The highest BCUT2D eigenvalue weighted by molar-refractivity contribution is 5.61. The number of hydrogen-bond acceptors (Lipinski definition) is 8. The number of anilines is 2. The van der Waals surface area contributed by atoms with Gasteiger partial charge in [0.2, 0.25) is 0 Å². The van der Waals surface area contributed by atoms with Gasteiger partial charge in [-0.1, -0.05) is 6.92 Å². The van der Waals surface area contributed by atoms with Crippen LogP contribution in [0, 0.1) is 11.2 Å². The summed E-state index contributed by atoms with van der Waals surface area (Å²) in [6, 6.07) is 4.39. The maximum atomic E-state index is 14.7. The van der Waals surface area contributed by atoms with E-state index in [1.165, 1.54) is 6.20 Å². The summed E-state index contributed by atoms with van der Waals surface area (Å²) in [6.45, 7) is 6.24. The van der Waals surface area contributed by atoms with Gasteiger partial charge >= 0.3 is 0 Å². The fourth-order valence-corrected chi connectivity index (χ4v) is 4.64. The summed E-state index contributed by atoms with van der Waals surface area (Å²) < 4.78 is 25.3. The monoisotopic (exact) mass is 472 g/mol. The molecule has 9 heteroatoms. The second-order valence-electron chi connectivity index (χ2n) is 9.73. The lowest BCUT2D eigenvalue weighted by Crippen LogP contribution is -2.38. The van der Waals surface area contributed by atoms with Crippen molar-refractivity contribution in [2.24, 2.45) is 5.41 Å². The van der Waals surface area contributed by atoms with Crippen molar-refractivity contribution >= 4 is 11.6 Å². The molecule has 4 rings (SSSR count). The fourth-order valence-electron chi connectivity index (χ4n) is 4.64. The predicted molar refractivity (Wildman–Crippen MR) is 131 cm³/mol. The number of pyridine rings is 1. The number of aromatic nitrogens is 3. The Kier molecular flexibility index (Phi) is 8.64. The molecular weight excluding hydrogens is 435 g/mol. The number of nitrogens with zero attached hydrogens (tertiary/aromatic N) is 3. The predicted octanol–water partition coefficient (Wildman–Crippen LogP) is 3.87. The van der Waals surface area contributed by atoms with Gasteiger partial charge in [-0.3, -0.25) is 0 Å². The number of hydrogen-bond donors (Lipinski definition) is 3.